The van der Waals surface area contributed by atoms with Gasteiger partial charge in [0.15, 0.2) is 0 Å². The quantitative estimate of drug-likeness (QED) is 0.812. The number of nitrogens with two attached hydrogens (primary N) is 1. The number of anilines is 1. The molecule has 0 bridgehead atoms. The zero-order valence-electron chi connectivity index (χ0n) is 11.7. The number of hydrogen-bond acceptors (Lipinski definition) is 5. The highest BCUT2D eigenvalue weighted by molar-refractivity contribution is 7.89. The van der Waals surface area contributed by atoms with Crippen molar-refractivity contribution < 1.29 is 13.5 Å². The number of aliphatic hydroxyl groups excluding tert-OH is 1. The van der Waals surface area contributed by atoms with Crippen LogP contribution in [0.1, 0.15) is 31.2 Å². The van der Waals surface area contributed by atoms with Crippen molar-refractivity contribution in [1.29, 1.82) is 5.26 Å². The van der Waals surface area contributed by atoms with Gasteiger partial charge >= 0.3 is 0 Å². The van der Waals surface area contributed by atoms with E-state index >= 15 is 0 Å². The van der Waals surface area contributed by atoms with Crippen LogP contribution in [-0.4, -0.2) is 37.0 Å². The van der Waals surface area contributed by atoms with Crippen LogP contribution in [0.5, 0.6) is 0 Å². The molecule has 1 aromatic rings. The highest BCUT2D eigenvalue weighted by Crippen LogP contribution is 2.28. The van der Waals surface area contributed by atoms with E-state index in [0.717, 1.165) is 19.3 Å². The van der Waals surface area contributed by atoms with E-state index in [1.54, 1.807) is 0 Å². The second-order valence-electron chi connectivity index (χ2n) is 5.17. The molecule has 0 aromatic heterocycles. The van der Waals surface area contributed by atoms with E-state index in [9.17, 15) is 13.5 Å². The second kappa shape index (κ2) is 6.43. The molecule has 2 rings (SSSR count). The monoisotopic (exact) mass is 309 g/mol. The maximum absolute atomic E-state index is 12.8. The molecule has 21 heavy (non-hydrogen) atoms. The number of rotatable bonds is 3. The van der Waals surface area contributed by atoms with Gasteiger partial charge in [-0.1, -0.05) is 12.8 Å². The lowest BCUT2D eigenvalue weighted by Gasteiger charge is -2.28. The van der Waals surface area contributed by atoms with Crippen molar-refractivity contribution in [2.75, 3.05) is 18.9 Å². The van der Waals surface area contributed by atoms with Gasteiger partial charge in [0.1, 0.15) is 4.90 Å². The minimum absolute atomic E-state index is 0.00171. The second-order valence-corrected chi connectivity index (χ2v) is 7.02. The van der Waals surface area contributed by atoms with E-state index in [0.29, 0.717) is 18.5 Å². The van der Waals surface area contributed by atoms with Crippen LogP contribution in [-0.2, 0) is 10.0 Å². The van der Waals surface area contributed by atoms with E-state index in [-0.39, 0.29) is 17.2 Å². The summed E-state index contributed by atoms with van der Waals surface area (Å²) >= 11 is 0. The number of nitriles is 1. The lowest BCUT2D eigenvalue weighted by molar-refractivity contribution is 0.186. The molecule has 0 radical (unpaired) electrons. The van der Waals surface area contributed by atoms with Gasteiger partial charge in [0.2, 0.25) is 10.0 Å². The number of nitrogen functional groups attached to an aromatic ring is 1. The average molecular weight is 309 g/mol. The van der Waals surface area contributed by atoms with E-state index in [1.165, 1.54) is 22.5 Å². The number of nitrogens with zero attached hydrogens (tertiary/aromatic N) is 2. The zero-order valence-corrected chi connectivity index (χ0v) is 12.5. The van der Waals surface area contributed by atoms with Crippen molar-refractivity contribution in [3.8, 4) is 6.07 Å². The molecule has 3 N–H and O–H groups in total. The summed E-state index contributed by atoms with van der Waals surface area (Å²) < 4.78 is 26.9. The maximum Gasteiger partial charge on any atom is 0.245 e. The van der Waals surface area contributed by atoms with Gasteiger partial charge in [0, 0.05) is 12.6 Å². The Balaban J connectivity index is 2.42. The van der Waals surface area contributed by atoms with Crippen molar-refractivity contribution in [2.24, 2.45) is 0 Å². The standard InChI is InChI=1S/C14H19N3O3S/c15-9-11-5-6-14(13(16)8-11)21(19,20)17-7-3-1-2-4-12(17)10-18/h5-6,8,12,18H,1-4,7,10,16H2. The summed E-state index contributed by atoms with van der Waals surface area (Å²) in [6, 6.07) is 5.68. The van der Waals surface area contributed by atoms with Gasteiger partial charge in [0.25, 0.3) is 0 Å². The first kappa shape index (κ1) is 15.8. The normalized spacial score (nSPS) is 20.7. The van der Waals surface area contributed by atoms with E-state index in [2.05, 4.69) is 0 Å². The fraction of sp³-hybridized carbons (Fsp3) is 0.500. The largest absolute Gasteiger partial charge is 0.398 e. The lowest BCUT2D eigenvalue weighted by Crippen LogP contribution is -2.42. The van der Waals surface area contributed by atoms with Crippen molar-refractivity contribution >= 4 is 15.7 Å². The van der Waals surface area contributed by atoms with E-state index in [4.69, 9.17) is 11.0 Å². The van der Waals surface area contributed by atoms with Crippen LogP contribution >= 0.6 is 0 Å². The first-order valence-electron chi connectivity index (χ1n) is 6.93. The van der Waals surface area contributed by atoms with Gasteiger partial charge in [0.05, 0.1) is 23.9 Å². The molecule has 0 spiro atoms. The van der Waals surface area contributed by atoms with Gasteiger partial charge in [-0.15, -0.1) is 0 Å². The molecule has 1 aliphatic rings. The molecule has 0 amide bonds. The summed E-state index contributed by atoms with van der Waals surface area (Å²) in [4.78, 5) is 0.00171. The number of sulfonamides is 1. The Morgan fingerprint density at radius 1 is 1.38 bits per heavy atom. The Morgan fingerprint density at radius 3 is 2.76 bits per heavy atom. The maximum atomic E-state index is 12.8. The molecule has 0 aliphatic carbocycles. The van der Waals surface area contributed by atoms with Gasteiger partial charge in [-0.2, -0.15) is 9.57 Å². The van der Waals surface area contributed by atoms with Crippen LogP contribution in [0.3, 0.4) is 0 Å². The molecule has 1 heterocycles. The summed E-state index contributed by atoms with van der Waals surface area (Å²) in [5.41, 5.74) is 6.18. The fourth-order valence-corrected chi connectivity index (χ4v) is 4.41. The minimum atomic E-state index is -3.76. The molecule has 1 fully saturated rings. The average Bonchev–Trinajstić information content (AvgIpc) is 2.72. The van der Waals surface area contributed by atoms with Crippen LogP contribution in [0, 0.1) is 11.3 Å². The summed E-state index contributed by atoms with van der Waals surface area (Å²) in [5, 5.41) is 18.3. The van der Waals surface area contributed by atoms with Gasteiger partial charge < -0.3 is 10.8 Å². The number of hydrogen-bond donors (Lipinski definition) is 2. The highest BCUT2D eigenvalue weighted by atomic mass is 32.2. The van der Waals surface area contributed by atoms with Crippen molar-refractivity contribution in [3.63, 3.8) is 0 Å². The summed E-state index contributed by atoms with van der Waals surface area (Å²) in [6.45, 7) is 0.183. The number of aliphatic hydroxyl groups is 1. The minimum Gasteiger partial charge on any atom is -0.398 e. The SMILES string of the molecule is N#Cc1ccc(S(=O)(=O)N2CCCCCC2CO)c(N)c1. The van der Waals surface area contributed by atoms with Crippen LogP contribution < -0.4 is 5.73 Å². The van der Waals surface area contributed by atoms with Crippen molar-refractivity contribution in [1.82, 2.24) is 4.31 Å². The molecule has 1 saturated heterocycles. The van der Waals surface area contributed by atoms with E-state index < -0.39 is 16.1 Å². The Labute approximate surface area is 124 Å². The van der Waals surface area contributed by atoms with Gasteiger partial charge in [-0.05, 0) is 31.0 Å². The lowest BCUT2D eigenvalue weighted by atomic mass is 10.1. The van der Waals surface area contributed by atoms with Crippen molar-refractivity contribution in [3.05, 3.63) is 23.8 Å². The summed E-state index contributed by atoms with van der Waals surface area (Å²) in [7, 11) is -3.76. The van der Waals surface area contributed by atoms with Crippen LogP contribution in [0.25, 0.3) is 0 Å². The molecular weight excluding hydrogens is 290 g/mol. The topological polar surface area (TPSA) is 107 Å². The summed E-state index contributed by atoms with van der Waals surface area (Å²) in [6.07, 6.45) is 3.27. The van der Waals surface area contributed by atoms with Gasteiger partial charge in [-0.25, -0.2) is 8.42 Å². The molecule has 1 atom stereocenters. The molecule has 1 aliphatic heterocycles. The Kier molecular flexibility index (Phi) is 4.83. The molecule has 6 nitrogen and oxygen atoms in total. The first-order chi connectivity index (χ1) is 10.0. The summed E-state index contributed by atoms with van der Waals surface area (Å²) in [5.74, 6) is 0. The zero-order chi connectivity index (χ0) is 15.5. The Bertz CT molecular complexity index is 652. The molecule has 1 unspecified atom stereocenters. The number of benzene rings is 1. The van der Waals surface area contributed by atoms with Crippen LogP contribution in [0.15, 0.2) is 23.1 Å². The smallest absolute Gasteiger partial charge is 0.245 e. The molecule has 0 saturated carbocycles. The van der Waals surface area contributed by atoms with Crippen LogP contribution in [0.4, 0.5) is 5.69 Å². The van der Waals surface area contributed by atoms with Crippen molar-refractivity contribution in [2.45, 2.75) is 36.6 Å². The third-order valence-electron chi connectivity index (χ3n) is 3.76. The van der Waals surface area contributed by atoms with Gasteiger partial charge in [-0.3, -0.25) is 0 Å². The third kappa shape index (κ3) is 3.18. The predicted molar refractivity (Wildman–Crippen MR) is 78.8 cm³/mol. The first-order valence-corrected chi connectivity index (χ1v) is 8.37. The predicted octanol–water partition coefficient (Wildman–Crippen LogP) is 1.07. The Morgan fingerprint density at radius 2 is 2.14 bits per heavy atom. The molecule has 114 valence electrons. The highest BCUT2D eigenvalue weighted by Gasteiger charge is 2.33. The van der Waals surface area contributed by atoms with E-state index in [1.807, 2.05) is 6.07 Å². The Hall–Kier alpha value is -1.62. The molecule has 7 heteroatoms. The fourth-order valence-electron chi connectivity index (χ4n) is 2.63. The van der Waals surface area contributed by atoms with Crippen LogP contribution in [0.2, 0.25) is 0 Å². The third-order valence-corrected chi connectivity index (χ3v) is 5.79. The molecule has 1 aromatic carbocycles. The molecular formula is C14H19N3O3S.